The summed E-state index contributed by atoms with van der Waals surface area (Å²) in [5, 5.41) is 0. The monoisotopic (exact) mass is 354 g/mol. The summed E-state index contributed by atoms with van der Waals surface area (Å²) in [7, 11) is 0. The molecule has 0 aliphatic rings. The van der Waals surface area contributed by atoms with Gasteiger partial charge in [0.25, 0.3) is 5.91 Å². The average Bonchev–Trinajstić information content (AvgIpc) is 2.47. The maximum Gasteiger partial charge on any atom is 0.272 e. The van der Waals surface area contributed by atoms with Crippen LogP contribution in [0.1, 0.15) is 23.0 Å². The van der Waals surface area contributed by atoms with Crippen molar-refractivity contribution in [2.75, 3.05) is 6.54 Å². The predicted molar refractivity (Wildman–Crippen MR) is 78.7 cm³/mol. The third-order valence-electron chi connectivity index (χ3n) is 2.96. The first-order valence-corrected chi connectivity index (χ1v) is 7.16. The van der Waals surface area contributed by atoms with Crippen LogP contribution in [0.4, 0.5) is 8.78 Å². The van der Waals surface area contributed by atoms with Gasteiger partial charge in [0.15, 0.2) is 11.6 Å². The van der Waals surface area contributed by atoms with E-state index in [9.17, 15) is 13.6 Å². The van der Waals surface area contributed by atoms with Crippen LogP contribution in [0, 0.1) is 11.6 Å². The quantitative estimate of drug-likeness (QED) is 0.782. The molecule has 0 unspecified atom stereocenters. The lowest BCUT2D eigenvalue weighted by Gasteiger charge is -2.20. The SMILES string of the molecule is CCN(Cc1ccc(F)c(F)c1)C(=O)c1cccc(Br)n1. The normalized spacial score (nSPS) is 10.5. The first-order chi connectivity index (χ1) is 10.0. The largest absolute Gasteiger partial charge is 0.333 e. The van der Waals surface area contributed by atoms with Crippen LogP contribution in [0.3, 0.4) is 0 Å². The Balaban J connectivity index is 2.19. The molecule has 0 saturated carbocycles. The van der Waals surface area contributed by atoms with Crippen LogP contribution in [0.25, 0.3) is 0 Å². The second kappa shape index (κ2) is 6.76. The van der Waals surface area contributed by atoms with Crippen molar-refractivity contribution in [1.29, 1.82) is 0 Å². The van der Waals surface area contributed by atoms with Crippen molar-refractivity contribution >= 4 is 21.8 Å². The number of halogens is 3. The highest BCUT2D eigenvalue weighted by Gasteiger charge is 2.16. The number of rotatable bonds is 4. The number of aromatic nitrogens is 1. The van der Waals surface area contributed by atoms with Gasteiger partial charge >= 0.3 is 0 Å². The molecule has 0 atom stereocenters. The minimum absolute atomic E-state index is 0.195. The van der Waals surface area contributed by atoms with E-state index in [1.807, 2.05) is 6.92 Å². The summed E-state index contributed by atoms with van der Waals surface area (Å²) in [4.78, 5) is 18.0. The van der Waals surface area contributed by atoms with Crippen LogP contribution >= 0.6 is 15.9 Å². The first-order valence-electron chi connectivity index (χ1n) is 6.37. The molecular formula is C15H13BrF2N2O. The second-order valence-electron chi connectivity index (χ2n) is 4.41. The van der Waals surface area contributed by atoms with Crippen LogP contribution in [-0.4, -0.2) is 22.3 Å². The van der Waals surface area contributed by atoms with Gasteiger partial charge in [-0.3, -0.25) is 4.79 Å². The number of carbonyl (C=O) groups excluding carboxylic acids is 1. The predicted octanol–water partition coefficient (Wildman–Crippen LogP) is 3.78. The molecule has 2 rings (SSSR count). The maximum atomic E-state index is 13.2. The number of hydrogen-bond acceptors (Lipinski definition) is 2. The smallest absolute Gasteiger partial charge is 0.272 e. The zero-order valence-electron chi connectivity index (χ0n) is 11.3. The van der Waals surface area contributed by atoms with Crippen LogP contribution in [0.15, 0.2) is 41.0 Å². The highest BCUT2D eigenvalue weighted by Crippen LogP contribution is 2.14. The van der Waals surface area contributed by atoms with Crippen LogP contribution in [0.5, 0.6) is 0 Å². The molecule has 0 bridgehead atoms. The van der Waals surface area contributed by atoms with Gasteiger partial charge in [0, 0.05) is 13.1 Å². The molecule has 0 aliphatic carbocycles. The van der Waals surface area contributed by atoms with Gasteiger partial charge in [-0.15, -0.1) is 0 Å². The summed E-state index contributed by atoms with van der Waals surface area (Å²) in [6, 6.07) is 8.67. The molecule has 1 amide bonds. The molecule has 0 aliphatic heterocycles. The fourth-order valence-electron chi connectivity index (χ4n) is 1.87. The second-order valence-corrected chi connectivity index (χ2v) is 5.23. The molecule has 1 aromatic carbocycles. The average molecular weight is 355 g/mol. The standard InChI is InChI=1S/C15H13BrF2N2O/c1-2-20(9-10-6-7-11(17)12(18)8-10)15(21)13-4-3-5-14(16)19-13/h3-8H,2,9H2,1H3. The molecule has 110 valence electrons. The van der Waals surface area contributed by atoms with Crippen molar-refractivity contribution in [2.45, 2.75) is 13.5 Å². The Morgan fingerprint density at radius 2 is 2.00 bits per heavy atom. The number of carbonyl (C=O) groups is 1. The van der Waals surface area contributed by atoms with E-state index in [0.717, 1.165) is 12.1 Å². The van der Waals surface area contributed by atoms with Gasteiger partial charge in [0.2, 0.25) is 0 Å². The molecule has 1 aromatic heterocycles. The number of benzene rings is 1. The molecule has 0 N–H and O–H groups in total. The number of amides is 1. The van der Waals surface area contributed by atoms with Crippen molar-refractivity contribution in [1.82, 2.24) is 9.88 Å². The number of pyridine rings is 1. The fraction of sp³-hybridized carbons (Fsp3) is 0.200. The molecule has 0 radical (unpaired) electrons. The first kappa shape index (κ1) is 15.6. The van der Waals surface area contributed by atoms with Crippen LogP contribution < -0.4 is 0 Å². The summed E-state index contributed by atoms with van der Waals surface area (Å²) in [6.45, 7) is 2.45. The molecule has 1 heterocycles. The highest BCUT2D eigenvalue weighted by atomic mass is 79.9. The van der Waals surface area contributed by atoms with E-state index >= 15 is 0 Å². The lowest BCUT2D eigenvalue weighted by atomic mass is 10.2. The van der Waals surface area contributed by atoms with E-state index in [1.54, 1.807) is 18.2 Å². The van der Waals surface area contributed by atoms with Gasteiger partial charge in [-0.1, -0.05) is 12.1 Å². The van der Waals surface area contributed by atoms with Gasteiger partial charge in [0.05, 0.1) is 0 Å². The van der Waals surface area contributed by atoms with E-state index in [-0.39, 0.29) is 12.5 Å². The molecule has 3 nitrogen and oxygen atoms in total. The van der Waals surface area contributed by atoms with E-state index < -0.39 is 11.6 Å². The highest BCUT2D eigenvalue weighted by molar-refractivity contribution is 9.10. The summed E-state index contributed by atoms with van der Waals surface area (Å²) < 4.78 is 26.7. The van der Waals surface area contributed by atoms with Gasteiger partial charge in [-0.05, 0) is 52.7 Å². The Morgan fingerprint density at radius 1 is 1.24 bits per heavy atom. The van der Waals surface area contributed by atoms with Gasteiger partial charge in [0.1, 0.15) is 10.3 Å². The van der Waals surface area contributed by atoms with Crippen molar-refractivity contribution in [3.05, 3.63) is 63.9 Å². The van der Waals surface area contributed by atoms with E-state index in [4.69, 9.17) is 0 Å². The van der Waals surface area contributed by atoms with Crippen molar-refractivity contribution in [3.8, 4) is 0 Å². The summed E-state index contributed by atoms with van der Waals surface area (Å²) in [5.41, 5.74) is 0.827. The summed E-state index contributed by atoms with van der Waals surface area (Å²) in [5.74, 6) is -2.08. The van der Waals surface area contributed by atoms with E-state index in [1.165, 1.54) is 11.0 Å². The van der Waals surface area contributed by atoms with Crippen molar-refractivity contribution in [3.63, 3.8) is 0 Å². The lowest BCUT2D eigenvalue weighted by molar-refractivity contribution is 0.0746. The molecule has 6 heteroatoms. The molecule has 0 spiro atoms. The minimum Gasteiger partial charge on any atom is -0.333 e. The minimum atomic E-state index is -0.920. The Labute approximate surface area is 129 Å². The molecule has 21 heavy (non-hydrogen) atoms. The Bertz CT molecular complexity index is 664. The van der Waals surface area contributed by atoms with Crippen molar-refractivity contribution < 1.29 is 13.6 Å². The third kappa shape index (κ3) is 3.85. The molecular weight excluding hydrogens is 342 g/mol. The van der Waals surface area contributed by atoms with Gasteiger partial charge in [-0.25, -0.2) is 13.8 Å². The van der Waals surface area contributed by atoms with E-state index in [0.29, 0.717) is 22.4 Å². The molecule has 0 fully saturated rings. The van der Waals surface area contributed by atoms with Crippen LogP contribution in [0.2, 0.25) is 0 Å². The summed E-state index contributed by atoms with van der Waals surface area (Å²) >= 11 is 3.21. The van der Waals surface area contributed by atoms with Gasteiger partial charge < -0.3 is 4.90 Å². The lowest BCUT2D eigenvalue weighted by Crippen LogP contribution is -2.31. The third-order valence-corrected chi connectivity index (χ3v) is 3.40. The zero-order chi connectivity index (χ0) is 15.4. The topological polar surface area (TPSA) is 33.2 Å². The zero-order valence-corrected chi connectivity index (χ0v) is 12.9. The summed E-state index contributed by atoms with van der Waals surface area (Å²) in [6.07, 6.45) is 0. The fourth-order valence-corrected chi connectivity index (χ4v) is 2.22. The Hall–Kier alpha value is -1.82. The molecule has 0 saturated heterocycles. The maximum absolute atomic E-state index is 13.2. The number of hydrogen-bond donors (Lipinski definition) is 0. The Kier molecular flexibility index (Phi) is 5.01. The molecule has 2 aromatic rings. The van der Waals surface area contributed by atoms with E-state index in [2.05, 4.69) is 20.9 Å². The Morgan fingerprint density at radius 3 is 2.62 bits per heavy atom. The van der Waals surface area contributed by atoms with Crippen molar-refractivity contribution in [2.24, 2.45) is 0 Å². The van der Waals surface area contributed by atoms with Gasteiger partial charge in [-0.2, -0.15) is 0 Å². The van der Waals surface area contributed by atoms with Crippen LogP contribution in [-0.2, 0) is 6.54 Å². The number of nitrogens with zero attached hydrogens (tertiary/aromatic N) is 2.